The van der Waals surface area contributed by atoms with E-state index in [1.54, 1.807) is 16.8 Å². The van der Waals surface area contributed by atoms with E-state index in [-0.39, 0.29) is 22.8 Å². The highest BCUT2D eigenvalue weighted by Gasteiger charge is 2.28. The lowest BCUT2D eigenvalue weighted by molar-refractivity contribution is -0.115. The fourth-order valence-corrected chi connectivity index (χ4v) is 6.47. The number of hydrogen-bond donors (Lipinski definition) is 0. The molecule has 1 atom stereocenters. The van der Waals surface area contributed by atoms with E-state index in [0.29, 0.717) is 23.5 Å². The predicted molar refractivity (Wildman–Crippen MR) is 166 cm³/mol. The molecule has 2 aliphatic heterocycles. The first kappa shape index (κ1) is 30.7. The molecule has 0 saturated carbocycles. The molecule has 0 N–H and O–H groups in total. The fourth-order valence-electron chi connectivity index (χ4n) is 6.47. The van der Waals surface area contributed by atoms with Crippen molar-refractivity contribution in [3.8, 4) is 22.8 Å². The lowest BCUT2D eigenvalue weighted by Crippen LogP contribution is -2.28. The highest BCUT2D eigenvalue weighted by Crippen LogP contribution is 2.38. The second-order valence-corrected chi connectivity index (χ2v) is 12.0. The van der Waals surface area contributed by atoms with Gasteiger partial charge in [-0.1, -0.05) is 42.3 Å². The number of allylic oxidation sites excluding steroid dienone is 4. The van der Waals surface area contributed by atoms with Gasteiger partial charge < -0.3 is 4.74 Å². The Hall–Kier alpha value is -3.78. The van der Waals surface area contributed by atoms with E-state index in [9.17, 15) is 9.18 Å². The first-order valence-electron chi connectivity index (χ1n) is 15.3. The van der Waals surface area contributed by atoms with Crippen LogP contribution in [0.5, 0.6) is 0 Å². The summed E-state index contributed by atoms with van der Waals surface area (Å²) < 4.78 is 20.9. The number of rotatable bonds is 6. The molecule has 3 aromatic rings. The van der Waals surface area contributed by atoms with Crippen LogP contribution in [0.25, 0.3) is 22.8 Å². The average Bonchev–Trinajstić information content (AvgIpc) is 3.40. The number of carbonyl (C=O) groups excluding carboxylic acids is 1. The third-order valence-electron chi connectivity index (χ3n) is 8.83. The van der Waals surface area contributed by atoms with Crippen molar-refractivity contribution in [3.63, 3.8) is 0 Å². The van der Waals surface area contributed by atoms with Crippen LogP contribution in [0.3, 0.4) is 0 Å². The molecular formula is C35H40F2N4O2. The lowest BCUT2D eigenvalue weighted by Gasteiger charge is -2.32. The molecule has 1 aromatic heterocycles. The molecule has 2 aromatic carbocycles. The zero-order chi connectivity index (χ0) is 29.1. The number of ketones is 1. The van der Waals surface area contributed by atoms with E-state index in [1.165, 1.54) is 34.7 Å². The number of benzene rings is 2. The summed E-state index contributed by atoms with van der Waals surface area (Å²) in [6, 6.07) is 14.2. The van der Waals surface area contributed by atoms with Crippen molar-refractivity contribution in [1.29, 1.82) is 0 Å². The molecule has 6 nitrogen and oxygen atoms in total. The first-order chi connectivity index (χ1) is 20.4. The molecule has 0 bridgehead atoms. The Morgan fingerprint density at radius 2 is 1.72 bits per heavy atom. The summed E-state index contributed by atoms with van der Waals surface area (Å²) in [6.45, 7) is 6.13. The van der Waals surface area contributed by atoms with Crippen LogP contribution in [0.15, 0.2) is 76.4 Å². The number of aliphatic imine (C=N–C) groups is 1. The third-order valence-corrected chi connectivity index (χ3v) is 8.83. The Kier molecular flexibility index (Phi) is 9.76. The van der Waals surface area contributed by atoms with Crippen molar-refractivity contribution in [1.82, 2.24) is 14.8 Å². The van der Waals surface area contributed by atoms with Crippen LogP contribution in [-0.4, -0.2) is 39.5 Å². The Labute approximate surface area is 252 Å². The highest BCUT2D eigenvalue weighted by molar-refractivity contribution is 5.91. The van der Waals surface area contributed by atoms with Gasteiger partial charge in [0.1, 0.15) is 12.4 Å². The van der Waals surface area contributed by atoms with Crippen molar-refractivity contribution < 1.29 is 18.6 Å². The molecule has 8 heteroatoms. The molecular weight excluding hydrogens is 546 g/mol. The van der Waals surface area contributed by atoms with E-state index >= 15 is 0 Å². The summed E-state index contributed by atoms with van der Waals surface area (Å²) in [6.07, 6.45) is 9.76. The van der Waals surface area contributed by atoms with Crippen molar-refractivity contribution in [2.24, 2.45) is 16.8 Å². The minimum atomic E-state index is -0.316. The molecule has 1 aliphatic carbocycles. The standard InChI is InChI=1S/C35H39FN4O2.FH/c1-23-6-9-27(10-7-23)34-38-35(28-11-13-29(36)14-12-28)40(39-34)22-30(41)21-25-4-3-5-31-24(2)20-33(37-32(31)15-8-25)26-16-18-42-19-17-26;/h6-7,9-14,21,24,26H,3-5,8,15-20,22H2,1-2H3;1H/b25-21-;. The summed E-state index contributed by atoms with van der Waals surface area (Å²) in [5.41, 5.74) is 8.05. The molecule has 1 unspecified atom stereocenters. The van der Waals surface area contributed by atoms with Gasteiger partial charge in [-0.25, -0.2) is 14.1 Å². The van der Waals surface area contributed by atoms with Gasteiger partial charge in [0.15, 0.2) is 17.4 Å². The monoisotopic (exact) mass is 586 g/mol. The van der Waals surface area contributed by atoms with Crippen LogP contribution in [0, 0.1) is 24.6 Å². The SMILES string of the molecule is Cc1ccc(-c2nc(-c3ccc(F)cc3)n(CC(=O)/C=C3/CCCC4=C(CC3)N=C(C3CCOCC3)CC4C)n2)cc1.F. The summed E-state index contributed by atoms with van der Waals surface area (Å²) in [7, 11) is 0. The maximum atomic E-state index is 13.7. The van der Waals surface area contributed by atoms with Crippen molar-refractivity contribution in [2.75, 3.05) is 13.2 Å². The van der Waals surface area contributed by atoms with Gasteiger partial charge >= 0.3 is 0 Å². The number of halogens is 2. The van der Waals surface area contributed by atoms with Crippen molar-refractivity contribution in [2.45, 2.75) is 71.8 Å². The summed E-state index contributed by atoms with van der Waals surface area (Å²) in [5.74, 6) is 1.86. The average molecular weight is 587 g/mol. The van der Waals surface area contributed by atoms with Gasteiger partial charge in [0.2, 0.25) is 0 Å². The molecule has 3 heterocycles. The molecule has 6 rings (SSSR count). The number of carbonyl (C=O) groups is 1. The van der Waals surface area contributed by atoms with Gasteiger partial charge in [0.25, 0.3) is 0 Å². The predicted octanol–water partition coefficient (Wildman–Crippen LogP) is 7.83. The van der Waals surface area contributed by atoms with E-state index in [0.717, 1.165) is 81.3 Å². The number of hydrogen-bond acceptors (Lipinski definition) is 5. The van der Waals surface area contributed by atoms with Gasteiger partial charge in [-0.3, -0.25) is 14.5 Å². The van der Waals surface area contributed by atoms with E-state index in [1.807, 2.05) is 37.3 Å². The summed E-state index contributed by atoms with van der Waals surface area (Å²) in [5, 5.41) is 4.72. The van der Waals surface area contributed by atoms with Crippen LogP contribution >= 0.6 is 0 Å². The van der Waals surface area contributed by atoms with Gasteiger partial charge in [0.05, 0.1) is 0 Å². The molecule has 1 fully saturated rings. The number of ether oxygens (including phenoxy) is 1. The van der Waals surface area contributed by atoms with Crippen LogP contribution in [0.1, 0.15) is 63.9 Å². The zero-order valence-corrected chi connectivity index (χ0v) is 25.0. The summed E-state index contributed by atoms with van der Waals surface area (Å²) in [4.78, 5) is 23.4. The maximum Gasteiger partial charge on any atom is 0.181 e. The van der Waals surface area contributed by atoms with E-state index < -0.39 is 0 Å². The number of aromatic nitrogens is 3. The van der Waals surface area contributed by atoms with Crippen LogP contribution in [0.4, 0.5) is 9.09 Å². The van der Waals surface area contributed by atoms with E-state index in [4.69, 9.17) is 19.8 Å². The van der Waals surface area contributed by atoms with E-state index in [2.05, 4.69) is 6.92 Å². The fraction of sp³-hybridized carbons (Fsp3) is 0.429. The highest BCUT2D eigenvalue weighted by atomic mass is 19.1. The smallest absolute Gasteiger partial charge is 0.181 e. The summed E-state index contributed by atoms with van der Waals surface area (Å²) >= 11 is 0. The molecule has 226 valence electrons. The van der Waals surface area contributed by atoms with Gasteiger partial charge in [0, 0.05) is 41.7 Å². The Morgan fingerprint density at radius 1 is 1.00 bits per heavy atom. The van der Waals surface area contributed by atoms with Crippen LogP contribution in [0.2, 0.25) is 0 Å². The molecule has 1 saturated heterocycles. The second-order valence-electron chi connectivity index (χ2n) is 12.0. The number of nitrogens with zero attached hydrogens (tertiary/aromatic N) is 4. The van der Waals surface area contributed by atoms with Gasteiger partial charge in [-0.05, 0) is 100 Å². The second kappa shape index (κ2) is 13.7. The molecule has 0 amide bonds. The van der Waals surface area contributed by atoms with Crippen LogP contribution < -0.4 is 0 Å². The third kappa shape index (κ3) is 7.24. The Bertz CT molecular complexity index is 1530. The molecule has 3 aliphatic rings. The largest absolute Gasteiger partial charge is 0.381 e. The van der Waals surface area contributed by atoms with Crippen molar-refractivity contribution >= 4 is 11.5 Å². The molecule has 0 radical (unpaired) electrons. The Morgan fingerprint density at radius 3 is 2.47 bits per heavy atom. The number of aryl methyl sites for hydroxylation is 1. The minimum absolute atomic E-state index is 0. The Balaban J connectivity index is 0.00000368. The quantitative estimate of drug-likeness (QED) is 0.276. The minimum Gasteiger partial charge on any atom is -0.381 e. The normalized spacial score (nSPS) is 20.6. The first-order valence-corrected chi connectivity index (χ1v) is 15.3. The van der Waals surface area contributed by atoms with Gasteiger partial charge in [-0.15, -0.1) is 5.10 Å². The lowest BCUT2D eigenvalue weighted by atomic mass is 9.79. The maximum absolute atomic E-state index is 13.7. The molecule has 43 heavy (non-hydrogen) atoms. The van der Waals surface area contributed by atoms with Crippen molar-refractivity contribution in [3.05, 3.63) is 82.8 Å². The van der Waals surface area contributed by atoms with Gasteiger partial charge in [-0.2, -0.15) is 0 Å². The topological polar surface area (TPSA) is 69.4 Å². The molecule has 0 spiro atoms. The zero-order valence-electron chi connectivity index (χ0n) is 25.0. The van der Waals surface area contributed by atoms with Crippen LogP contribution in [-0.2, 0) is 16.1 Å².